The minimum absolute atomic E-state index is 0.214. The van der Waals surface area contributed by atoms with E-state index in [1.165, 1.54) is 38.1 Å². The predicted molar refractivity (Wildman–Crippen MR) is 52.0 cm³/mol. The molecule has 0 saturated heterocycles. The molecule has 0 bridgehead atoms. The Bertz CT molecular complexity index is 352. The largest absolute Gasteiger partial charge is 0.497 e. The van der Waals surface area contributed by atoms with Crippen molar-refractivity contribution in [2.24, 2.45) is 0 Å². The van der Waals surface area contributed by atoms with Gasteiger partial charge in [-0.3, -0.25) is 4.79 Å². The van der Waals surface area contributed by atoms with Crippen molar-refractivity contribution in [2.75, 3.05) is 19.1 Å². The van der Waals surface area contributed by atoms with Gasteiger partial charge in [-0.25, -0.2) is 4.39 Å². The lowest BCUT2D eigenvalue weighted by Crippen LogP contribution is -2.23. The molecule has 0 radical (unpaired) electrons. The number of nitrogens with zero attached hydrogens (tertiary/aromatic N) is 1. The molecule has 14 heavy (non-hydrogen) atoms. The van der Waals surface area contributed by atoms with E-state index < -0.39 is 5.82 Å². The fourth-order valence-corrected chi connectivity index (χ4v) is 1.06. The van der Waals surface area contributed by atoms with Crippen molar-refractivity contribution in [3.8, 4) is 5.75 Å². The third-order valence-electron chi connectivity index (χ3n) is 1.99. The monoisotopic (exact) mass is 197 g/mol. The predicted octanol–water partition coefficient (Wildman–Crippen LogP) is 1.82. The van der Waals surface area contributed by atoms with Gasteiger partial charge in [0.2, 0.25) is 5.91 Å². The van der Waals surface area contributed by atoms with Crippen molar-refractivity contribution in [1.29, 1.82) is 0 Å². The third kappa shape index (κ3) is 2.02. The topological polar surface area (TPSA) is 29.5 Å². The molecule has 4 heteroatoms. The van der Waals surface area contributed by atoms with E-state index in [0.29, 0.717) is 5.75 Å². The molecule has 0 aliphatic carbocycles. The van der Waals surface area contributed by atoms with Crippen LogP contribution in [0.1, 0.15) is 6.92 Å². The Morgan fingerprint density at radius 1 is 1.50 bits per heavy atom. The number of hydrogen-bond acceptors (Lipinski definition) is 2. The Morgan fingerprint density at radius 3 is 2.57 bits per heavy atom. The summed E-state index contributed by atoms with van der Waals surface area (Å²) in [4.78, 5) is 12.2. The molecule has 0 aliphatic rings. The summed E-state index contributed by atoms with van der Waals surface area (Å²) in [5, 5.41) is 0. The van der Waals surface area contributed by atoms with E-state index in [9.17, 15) is 9.18 Å². The summed E-state index contributed by atoms with van der Waals surface area (Å²) in [6, 6.07) is 4.36. The molecule has 3 nitrogen and oxygen atoms in total. The highest BCUT2D eigenvalue weighted by Crippen LogP contribution is 2.22. The van der Waals surface area contributed by atoms with Crippen LogP contribution in [-0.2, 0) is 4.79 Å². The van der Waals surface area contributed by atoms with Crippen LogP contribution in [0.4, 0.5) is 10.1 Å². The number of hydrogen-bond donors (Lipinski definition) is 0. The molecule has 0 aromatic heterocycles. The van der Waals surface area contributed by atoms with E-state index in [-0.39, 0.29) is 11.6 Å². The molecule has 0 atom stereocenters. The summed E-state index contributed by atoms with van der Waals surface area (Å²) in [5.41, 5.74) is 0.248. The summed E-state index contributed by atoms with van der Waals surface area (Å²) < 4.78 is 18.2. The highest BCUT2D eigenvalue weighted by atomic mass is 19.1. The van der Waals surface area contributed by atoms with Gasteiger partial charge < -0.3 is 9.64 Å². The first-order valence-electron chi connectivity index (χ1n) is 4.14. The van der Waals surface area contributed by atoms with Crippen LogP contribution in [0, 0.1) is 5.82 Å². The number of rotatable bonds is 2. The van der Waals surface area contributed by atoms with E-state index in [2.05, 4.69) is 0 Å². The summed E-state index contributed by atoms with van der Waals surface area (Å²) >= 11 is 0. The van der Waals surface area contributed by atoms with Crippen molar-refractivity contribution in [3.63, 3.8) is 0 Å². The lowest BCUT2D eigenvalue weighted by molar-refractivity contribution is -0.116. The smallest absolute Gasteiger partial charge is 0.223 e. The first-order valence-corrected chi connectivity index (χ1v) is 4.14. The van der Waals surface area contributed by atoms with Crippen LogP contribution in [0.2, 0.25) is 0 Å². The van der Waals surface area contributed by atoms with Crippen LogP contribution in [0.25, 0.3) is 0 Å². The molecular formula is C10H12FNO2. The molecule has 1 aromatic carbocycles. The minimum atomic E-state index is -0.470. The second-order valence-corrected chi connectivity index (χ2v) is 2.90. The first-order chi connectivity index (χ1) is 6.56. The molecule has 0 saturated carbocycles. The number of amides is 1. The Balaban J connectivity index is 3.05. The van der Waals surface area contributed by atoms with Crippen LogP contribution in [-0.4, -0.2) is 20.1 Å². The zero-order valence-electron chi connectivity index (χ0n) is 8.37. The zero-order chi connectivity index (χ0) is 10.7. The number of benzene rings is 1. The molecule has 0 unspecified atom stereocenters. The van der Waals surface area contributed by atoms with Crippen molar-refractivity contribution in [2.45, 2.75) is 6.92 Å². The van der Waals surface area contributed by atoms with Gasteiger partial charge in [0.05, 0.1) is 12.8 Å². The lowest BCUT2D eigenvalue weighted by atomic mass is 10.2. The highest BCUT2D eigenvalue weighted by molar-refractivity contribution is 5.91. The second-order valence-electron chi connectivity index (χ2n) is 2.90. The molecule has 0 N–H and O–H groups in total. The number of ether oxygens (including phenoxy) is 1. The quantitative estimate of drug-likeness (QED) is 0.723. The summed E-state index contributed by atoms with van der Waals surface area (Å²) in [6.07, 6.45) is 0. The van der Waals surface area contributed by atoms with E-state index in [1.807, 2.05) is 0 Å². The van der Waals surface area contributed by atoms with Gasteiger partial charge in [0.15, 0.2) is 5.82 Å². The van der Waals surface area contributed by atoms with Crippen LogP contribution in [0.5, 0.6) is 5.75 Å². The van der Waals surface area contributed by atoms with Crippen LogP contribution in [0.3, 0.4) is 0 Å². The Labute approximate surface area is 82.1 Å². The normalized spacial score (nSPS) is 9.71. The van der Waals surface area contributed by atoms with Crippen molar-refractivity contribution < 1.29 is 13.9 Å². The van der Waals surface area contributed by atoms with Crippen LogP contribution >= 0.6 is 0 Å². The number of methoxy groups -OCH3 is 1. The summed E-state index contributed by atoms with van der Waals surface area (Å²) in [5.74, 6) is -0.251. The zero-order valence-corrected chi connectivity index (χ0v) is 8.37. The second kappa shape index (κ2) is 4.09. The molecule has 1 amide bonds. The summed E-state index contributed by atoms with van der Waals surface area (Å²) in [7, 11) is 2.98. The van der Waals surface area contributed by atoms with E-state index in [1.54, 1.807) is 6.07 Å². The van der Waals surface area contributed by atoms with E-state index in [0.717, 1.165) is 0 Å². The molecule has 0 heterocycles. The molecular weight excluding hydrogens is 185 g/mol. The Hall–Kier alpha value is -1.58. The van der Waals surface area contributed by atoms with Gasteiger partial charge >= 0.3 is 0 Å². The molecule has 1 rings (SSSR count). The Kier molecular flexibility index (Phi) is 3.06. The average Bonchev–Trinajstić information content (AvgIpc) is 2.16. The van der Waals surface area contributed by atoms with Crippen molar-refractivity contribution >= 4 is 11.6 Å². The van der Waals surface area contributed by atoms with Crippen molar-refractivity contribution in [1.82, 2.24) is 0 Å². The van der Waals surface area contributed by atoms with Gasteiger partial charge in [-0.1, -0.05) is 0 Å². The average molecular weight is 197 g/mol. The SMILES string of the molecule is COc1ccc(N(C)C(C)=O)c(F)c1. The third-order valence-corrected chi connectivity index (χ3v) is 1.99. The van der Waals surface area contributed by atoms with Gasteiger partial charge in [-0.05, 0) is 12.1 Å². The fourth-order valence-electron chi connectivity index (χ4n) is 1.06. The number of halogens is 1. The van der Waals surface area contributed by atoms with Gasteiger partial charge in [-0.2, -0.15) is 0 Å². The summed E-state index contributed by atoms with van der Waals surface area (Å²) in [6.45, 7) is 1.38. The van der Waals surface area contributed by atoms with Gasteiger partial charge in [-0.15, -0.1) is 0 Å². The minimum Gasteiger partial charge on any atom is -0.497 e. The fraction of sp³-hybridized carbons (Fsp3) is 0.300. The van der Waals surface area contributed by atoms with E-state index in [4.69, 9.17) is 4.74 Å². The number of anilines is 1. The number of carbonyl (C=O) groups excluding carboxylic acids is 1. The van der Waals surface area contributed by atoms with E-state index >= 15 is 0 Å². The van der Waals surface area contributed by atoms with Crippen LogP contribution < -0.4 is 9.64 Å². The molecule has 76 valence electrons. The Morgan fingerprint density at radius 2 is 2.14 bits per heavy atom. The molecule has 0 spiro atoms. The number of carbonyl (C=O) groups is 1. The van der Waals surface area contributed by atoms with Crippen molar-refractivity contribution in [3.05, 3.63) is 24.0 Å². The molecule has 0 aliphatic heterocycles. The maximum Gasteiger partial charge on any atom is 0.223 e. The van der Waals surface area contributed by atoms with Crippen LogP contribution in [0.15, 0.2) is 18.2 Å². The van der Waals surface area contributed by atoms with Gasteiger partial charge in [0.25, 0.3) is 0 Å². The lowest BCUT2D eigenvalue weighted by Gasteiger charge is -2.15. The maximum atomic E-state index is 13.4. The van der Waals surface area contributed by atoms with Gasteiger partial charge in [0.1, 0.15) is 5.75 Å². The standard InChI is InChI=1S/C10H12FNO2/c1-7(13)12(2)10-5-4-8(14-3)6-9(10)11/h4-6H,1-3H3. The molecule has 0 fully saturated rings. The molecule has 1 aromatic rings. The highest BCUT2D eigenvalue weighted by Gasteiger charge is 2.11. The first kappa shape index (κ1) is 10.5. The maximum absolute atomic E-state index is 13.4. The van der Waals surface area contributed by atoms with Gasteiger partial charge in [0, 0.05) is 20.0 Å².